The number of esters is 1. The lowest BCUT2D eigenvalue weighted by molar-refractivity contribution is -0.140. The molecule has 0 aromatic heterocycles. The highest BCUT2D eigenvalue weighted by molar-refractivity contribution is 7.92. The number of nitrogens with one attached hydrogen (secondary N) is 1. The van der Waals surface area contributed by atoms with E-state index < -0.39 is 10.0 Å². The first kappa shape index (κ1) is 23.7. The number of sulfonamides is 1. The van der Waals surface area contributed by atoms with E-state index in [1.54, 1.807) is 6.08 Å². The zero-order valence-electron chi connectivity index (χ0n) is 18.8. The molecule has 1 N–H and O–H groups in total. The van der Waals surface area contributed by atoms with Gasteiger partial charge < -0.3 is 4.74 Å². The van der Waals surface area contributed by atoms with Gasteiger partial charge in [-0.05, 0) is 66.9 Å². The first-order valence-corrected chi connectivity index (χ1v) is 12.7. The highest BCUT2D eigenvalue weighted by Crippen LogP contribution is 2.62. The fourth-order valence-electron chi connectivity index (χ4n) is 5.23. The number of hydrogen-bond donors (Lipinski definition) is 1. The Labute approximate surface area is 187 Å². The number of benzene rings is 1. The van der Waals surface area contributed by atoms with E-state index in [0.717, 1.165) is 31.2 Å². The van der Waals surface area contributed by atoms with Crippen molar-refractivity contribution in [2.45, 2.75) is 58.4 Å². The highest BCUT2D eigenvalue weighted by atomic mass is 32.2. The predicted molar refractivity (Wildman–Crippen MR) is 124 cm³/mol. The molecule has 6 heteroatoms. The Hall–Kier alpha value is -1.92. The molecule has 0 aliphatic heterocycles. The van der Waals surface area contributed by atoms with Crippen molar-refractivity contribution in [1.82, 2.24) is 4.72 Å². The Bertz CT molecular complexity index is 905. The first-order chi connectivity index (χ1) is 14.7. The maximum atomic E-state index is 12.7. The van der Waals surface area contributed by atoms with Crippen molar-refractivity contribution in [3.05, 3.63) is 53.5 Å². The SMILES string of the molecule is COC(=O)CCC/C=C\C[C@@H]1[C@@H](NS(=O)(=O)C=Cc2ccccc2)C[C@H]2C[C@@H]1C2(C)C. The standard InChI is InChI=1S/C25H35NO4S/c1-25(2)20-17-22(25)21(13-9-4-5-10-14-24(27)30-3)23(18-20)26-31(28,29)16-15-19-11-7-6-8-12-19/h4,6-9,11-12,15-16,20-23,26H,5,10,13-14,17-18H2,1-3H3/b9-4-,16-15?/t20-,21+,22+,23+/m1/s1. The van der Waals surface area contributed by atoms with Gasteiger partial charge in [-0.25, -0.2) is 13.1 Å². The van der Waals surface area contributed by atoms with Gasteiger partial charge in [0.15, 0.2) is 0 Å². The molecule has 0 unspecified atom stereocenters. The van der Waals surface area contributed by atoms with Crippen molar-refractivity contribution in [3.8, 4) is 0 Å². The van der Waals surface area contributed by atoms with Crippen LogP contribution in [0.3, 0.4) is 0 Å². The summed E-state index contributed by atoms with van der Waals surface area (Å²) >= 11 is 0. The summed E-state index contributed by atoms with van der Waals surface area (Å²) < 4.78 is 33.1. The van der Waals surface area contributed by atoms with E-state index in [4.69, 9.17) is 0 Å². The summed E-state index contributed by atoms with van der Waals surface area (Å²) in [5.41, 5.74) is 1.14. The van der Waals surface area contributed by atoms with Gasteiger partial charge in [0.2, 0.25) is 10.0 Å². The number of carbonyl (C=O) groups is 1. The van der Waals surface area contributed by atoms with Crippen LogP contribution in [-0.2, 0) is 19.6 Å². The average molecular weight is 446 g/mol. The molecule has 0 heterocycles. The molecule has 3 saturated carbocycles. The molecule has 3 aliphatic rings. The summed E-state index contributed by atoms with van der Waals surface area (Å²) in [4.78, 5) is 11.2. The van der Waals surface area contributed by atoms with Crippen LogP contribution in [0, 0.1) is 23.2 Å². The minimum Gasteiger partial charge on any atom is -0.469 e. The third kappa shape index (κ3) is 6.07. The number of hydrogen-bond acceptors (Lipinski definition) is 4. The van der Waals surface area contributed by atoms with E-state index in [9.17, 15) is 13.2 Å². The van der Waals surface area contributed by atoms with Crippen molar-refractivity contribution in [2.24, 2.45) is 23.2 Å². The third-order valence-corrected chi connectivity index (χ3v) is 8.35. The molecule has 0 spiro atoms. The van der Waals surface area contributed by atoms with Gasteiger partial charge in [-0.1, -0.05) is 56.3 Å². The summed E-state index contributed by atoms with van der Waals surface area (Å²) in [5.74, 6) is 1.21. The van der Waals surface area contributed by atoms with Crippen LogP contribution in [0.25, 0.3) is 6.08 Å². The fraction of sp³-hybridized carbons (Fsp3) is 0.560. The van der Waals surface area contributed by atoms with Crippen LogP contribution in [0.15, 0.2) is 47.9 Å². The minimum absolute atomic E-state index is 0.0399. The Morgan fingerprint density at radius 3 is 2.61 bits per heavy atom. The molecule has 4 rings (SSSR count). The summed E-state index contributed by atoms with van der Waals surface area (Å²) in [6.07, 6.45) is 10.9. The molecule has 4 atom stereocenters. The molecule has 3 aliphatic carbocycles. The Morgan fingerprint density at radius 2 is 1.94 bits per heavy atom. The number of unbranched alkanes of at least 4 members (excludes halogenated alkanes) is 1. The zero-order valence-corrected chi connectivity index (χ0v) is 19.6. The minimum atomic E-state index is -3.51. The van der Waals surface area contributed by atoms with Crippen LogP contribution in [0.2, 0.25) is 0 Å². The number of ether oxygens (including phenoxy) is 1. The number of allylic oxidation sites excluding steroid dienone is 2. The van der Waals surface area contributed by atoms with Crippen LogP contribution < -0.4 is 4.72 Å². The molecule has 31 heavy (non-hydrogen) atoms. The van der Waals surface area contributed by atoms with Crippen LogP contribution in [0.5, 0.6) is 0 Å². The van der Waals surface area contributed by atoms with E-state index in [0.29, 0.717) is 18.3 Å². The van der Waals surface area contributed by atoms with Gasteiger partial charge >= 0.3 is 5.97 Å². The average Bonchev–Trinajstić information content (AvgIpc) is 2.75. The lowest BCUT2D eigenvalue weighted by Gasteiger charge is -2.62. The maximum absolute atomic E-state index is 12.7. The molecule has 5 nitrogen and oxygen atoms in total. The molecule has 1 aromatic carbocycles. The van der Waals surface area contributed by atoms with Gasteiger partial charge in [0, 0.05) is 17.9 Å². The topological polar surface area (TPSA) is 72.5 Å². The summed E-state index contributed by atoms with van der Waals surface area (Å²) in [5, 5.41) is 1.29. The molecule has 0 saturated heterocycles. The first-order valence-electron chi connectivity index (χ1n) is 11.2. The molecule has 2 bridgehead atoms. The van der Waals surface area contributed by atoms with Crippen LogP contribution >= 0.6 is 0 Å². The summed E-state index contributed by atoms with van der Waals surface area (Å²) in [7, 11) is -2.10. The molecule has 170 valence electrons. The number of fused-ring (bicyclic) bond motifs is 2. The zero-order chi connectivity index (χ0) is 22.5. The Balaban J connectivity index is 1.61. The molecular formula is C25H35NO4S. The Morgan fingerprint density at radius 1 is 1.19 bits per heavy atom. The third-order valence-electron chi connectivity index (χ3n) is 7.23. The monoisotopic (exact) mass is 445 g/mol. The number of carbonyl (C=O) groups excluding carboxylic acids is 1. The van der Waals surface area contributed by atoms with E-state index in [1.165, 1.54) is 18.9 Å². The van der Waals surface area contributed by atoms with Gasteiger partial charge in [-0.15, -0.1) is 0 Å². The van der Waals surface area contributed by atoms with Crippen molar-refractivity contribution < 1.29 is 17.9 Å². The van der Waals surface area contributed by atoms with E-state index in [2.05, 4.69) is 35.5 Å². The normalized spacial score (nSPS) is 27.3. The largest absolute Gasteiger partial charge is 0.469 e. The smallest absolute Gasteiger partial charge is 0.305 e. The molecule has 0 amide bonds. The van der Waals surface area contributed by atoms with Crippen molar-refractivity contribution in [3.63, 3.8) is 0 Å². The van der Waals surface area contributed by atoms with E-state index in [1.807, 2.05) is 30.3 Å². The van der Waals surface area contributed by atoms with Crippen molar-refractivity contribution in [1.29, 1.82) is 0 Å². The molecule has 3 fully saturated rings. The van der Waals surface area contributed by atoms with Gasteiger partial charge in [-0.3, -0.25) is 4.79 Å². The summed E-state index contributed by atoms with van der Waals surface area (Å²) in [6, 6.07) is 9.43. The van der Waals surface area contributed by atoms with Crippen LogP contribution in [-0.4, -0.2) is 27.5 Å². The van der Waals surface area contributed by atoms with E-state index >= 15 is 0 Å². The molecular weight excluding hydrogens is 410 g/mol. The van der Waals surface area contributed by atoms with Crippen LogP contribution in [0.1, 0.15) is 57.9 Å². The second kappa shape index (κ2) is 10.1. The number of methoxy groups -OCH3 is 1. The van der Waals surface area contributed by atoms with Crippen LogP contribution in [0.4, 0.5) is 0 Å². The molecule has 0 radical (unpaired) electrons. The second-order valence-corrected chi connectivity index (χ2v) is 11.0. The van der Waals surface area contributed by atoms with Gasteiger partial charge in [0.25, 0.3) is 0 Å². The number of rotatable bonds is 10. The van der Waals surface area contributed by atoms with Crippen molar-refractivity contribution in [2.75, 3.05) is 7.11 Å². The van der Waals surface area contributed by atoms with Crippen molar-refractivity contribution >= 4 is 22.1 Å². The summed E-state index contributed by atoms with van der Waals surface area (Å²) in [6.45, 7) is 4.64. The highest BCUT2D eigenvalue weighted by Gasteiger charge is 2.57. The lowest BCUT2D eigenvalue weighted by atomic mass is 9.44. The van der Waals surface area contributed by atoms with Gasteiger partial charge in [-0.2, -0.15) is 0 Å². The quantitative estimate of drug-likeness (QED) is 0.315. The van der Waals surface area contributed by atoms with Gasteiger partial charge in [0.1, 0.15) is 0 Å². The fourth-order valence-corrected chi connectivity index (χ4v) is 6.34. The lowest BCUT2D eigenvalue weighted by Crippen LogP contribution is -2.61. The maximum Gasteiger partial charge on any atom is 0.305 e. The predicted octanol–water partition coefficient (Wildman–Crippen LogP) is 4.92. The second-order valence-electron chi connectivity index (χ2n) is 9.42. The molecule has 1 aromatic rings. The van der Waals surface area contributed by atoms with Gasteiger partial charge in [0.05, 0.1) is 7.11 Å². The Kier molecular flexibility index (Phi) is 7.76. The van der Waals surface area contributed by atoms with E-state index in [-0.39, 0.29) is 23.3 Å².